The number of carbonyl (C=O) groups is 1. The second-order valence-electron chi connectivity index (χ2n) is 6.05. The lowest BCUT2D eigenvalue weighted by Crippen LogP contribution is -2.47. The van der Waals surface area contributed by atoms with Gasteiger partial charge in [-0.15, -0.1) is 0 Å². The standard InChI is InChI=1S/C12H24N2O/c1-11(2,3)9-14-10(15)12(4)5-7-13-8-6-12/h13H,5-9H2,1-4H3,(H,14,15). The lowest BCUT2D eigenvalue weighted by molar-refractivity contribution is -0.131. The van der Waals surface area contributed by atoms with Crippen LogP contribution in [0.15, 0.2) is 0 Å². The molecule has 3 nitrogen and oxygen atoms in total. The maximum Gasteiger partial charge on any atom is 0.226 e. The van der Waals surface area contributed by atoms with E-state index in [1.165, 1.54) is 0 Å². The minimum Gasteiger partial charge on any atom is -0.355 e. The number of rotatable bonds is 2. The molecule has 1 heterocycles. The maximum atomic E-state index is 12.0. The lowest BCUT2D eigenvalue weighted by Gasteiger charge is -2.33. The van der Waals surface area contributed by atoms with Crippen molar-refractivity contribution in [3.8, 4) is 0 Å². The van der Waals surface area contributed by atoms with E-state index < -0.39 is 0 Å². The van der Waals surface area contributed by atoms with Gasteiger partial charge in [-0.05, 0) is 31.3 Å². The number of hydrogen-bond donors (Lipinski definition) is 2. The van der Waals surface area contributed by atoms with E-state index >= 15 is 0 Å². The summed E-state index contributed by atoms with van der Waals surface area (Å²) in [6, 6.07) is 0. The Balaban J connectivity index is 2.45. The summed E-state index contributed by atoms with van der Waals surface area (Å²) in [6.07, 6.45) is 1.89. The first-order chi connectivity index (χ1) is 6.83. The molecule has 0 bridgehead atoms. The van der Waals surface area contributed by atoms with Gasteiger partial charge in [0.15, 0.2) is 0 Å². The average Bonchev–Trinajstić information content (AvgIpc) is 2.14. The Bertz CT molecular complexity index is 224. The summed E-state index contributed by atoms with van der Waals surface area (Å²) in [4.78, 5) is 12.0. The molecule has 0 radical (unpaired) electrons. The number of nitrogens with one attached hydrogen (secondary N) is 2. The molecular formula is C12H24N2O. The molecule has 3 heteroatoms. The molecule has 15 heavy (non-hydrogen) atoms. The van der Waals surface area contributed by atoms with Crippen molar-refractivity contribution in [2.24, 2.45) is 10.8 Å². The normalized spacial score (nSPS) is 21.1. The van der Waals surface area contributed by atoms with E-state index in [1.54, 1.807) is 0 Å². The van der Waals surface area contributed by atoms with Crippen molar-refractivity contribution >= 4 is 5.91 Å². The second-order valence-corrected chi connectivity index (χ2v) is 6.05. The van der Waals surface area contributed by atoms with E-state index in [4.69, 9.17) is 0 Å². The quantitative estimate of drug-likeness (QED) is 0.729. The third-order valence-corrected chi connectivity index (χ3v) is 3.03. The van der Waals surface area contributed by atoms with Gasteiger partial charge < -0.3 is 10.6 Å². The topological polar surface area (TPSA) is 41.1 Å². The fourth-order valence-corrected chi connectivity index (χ4v) is 1.76. The minimum atomic E-state index is -0.156. The van der Waals surface area contributed by atoms with Crippen LogP contribution in [0.5, 0.6) is 0 Å². The summed E-state index contributed by atoms with van der Waals surface area (Å²) in [5.74, 6) is 0.221. The highest BCUT2D eigenvalue weighted by Gasteiger charge is 2.34. The first kappa shape index (κ1) is 12.5. The van der Waals surface area contributed by atoms with Crippen LogP contribution in [0.3, 0.4) is 0 Å². The summed E-state index contributed by atoms with van der Waals surface area (Å²) in [5.41, 5.74) is 0.00936. The second kappa shape index (κ2) is 4.52. The van der Waals surface area contributed by atoms with Crippen LogP contribution in [-0.2, 0) is 4.79 Å². The van der Waals surface area contributed by atoms with Crippen molar-refractivity contribution in [2.75, 3.05) is 19.6 Å². The van der Waals surface area contributed by atoms with Crippen molar-refractivity contribution in [3.05, 3.63) is 0 Å². The molecule has 0 aromatic heterocycles. The Hall–Kier alpha value is -0.570. The van der Waals surface area contributed by atoms with Crippen molar-refractivity contribution in [3.63, 3.8) is 0 Å². The van der Waals surface area contributed by atoms with Gasteiger partial charge in [0.1, 0.15) is 0 Å². The first-order valence-corrected chi connectivity index (χ1v) is 5.83. The lowest BCUT2D eigenvalue weighted by atomic mass is 9.80. The molecule has 1 amide bonds. The zero-order valence-electron chi connectivity index (χ0n) is 10.4. The molecule has 1 aliphatic heterocycles. The zero-order valence-corrected chi connectivity index (χ0v) is 10.4. The molecule has 0 aromatic rings. The van der Waals surface area contributed by atoms with Gasteiger partial charge >= 0.3 is 0 Å². The van der Waals surface area contributed by atoms with Gasteiger partial charge in [0.05, 0.1) is 0 Å². The van der Waals surface area contributed by atoms with E-state index in [1.807, 2.05) is 0 Å². The molecule has 0 aromatic carbocycles. The highest BCUT2D eigenvalue weighted by atomic mass is 16.2. The molecule has 0 spiro atoms. The monoisotopic (exact) mass is 212 g/mol. The Morgan fingerprint density at radius 2 is 1.87 bits per heavy atom. The largest absolute Gasteiger partial charge is 0.355 e. The van der Waals surface area contributed by atoms with Crippen molar-refractivity contribution in [1.29, 1.82) is 0 Å². The molecule has 2 N–H and O–H groups in total. The smallest absolute Gasteiger partial charge is 0.226 e. The zero-order chi connectivity index (χ0) is 11.5. The highest BCUT2D eigenvalue weighted by molar-refractivity contribution is 5.82. The molecule has 1 saturated heterocycles. The average molecular weight is 212 g/mol. The molecule has 1 fully saturated rings. The van der Waals surface area contributed by atoms with E-state index in [2.05, 4.69) is 38.3 Å². The number of carbonyl (C=O) groups excluding carboxylic acids is 1. The molecule has 0 unspecified atom stereocenters. The van der Waals surface area contributed by atoms with Crippen LogP contribution in [0, 0.1) is 10.8 Å². The third-order valence-electron chi connectivity index (χ3n) is 3.03. The third kappa shape index (κ3) is 3.82. The van der Waals surface area contributed by atoms with Crippen LogP contribution in [-0.4, -0.2) is 25.5 Å². The van der Waals surface area contributed by atoms with Crippen LogP contribution in [0.1, 0.15) is 40.5 Å². The van der Waals surface area contributed by atoms with Crippen LogP contribution in [0.25, 0.3) is 0 Å². The number of amides is 1. The number of piperidine rings is 1. The van der Waals surface area contributed by atoms with Crippen LogP contribution in [0.4, 0.5) is 0 Å². The molecule has 0 atom stereocenters. The van der Waals surface area contributed by atoms with Gasteiger partial charge in [-0.1, -0.05) is 27.7 Å². The SMILES string of the molecule is CC(C)(C)CNC(=O)C1(C)CCNCC1. The van der Waals surface area contributed by atoms with Gasteiger partial charge in [-0.3, -0.25) is 4.79 Å². The van der Waals surface area contributed by atoms with Crippen LogP contribution >= 0.6 is 0 Å². The van der Waals surface area contributed by atoms with E-state index in [-0.39, 0.29) is 16.7 Å². The predicted molar refractivity (Wildman–Crippen MR) is 62.7 cm³/mol. The fourth-order valence-electron chi connectivity index (χ4n) is 1.76. The molecule has 1 rings (SSSR count). The fraction of sp³-hybridized carbons (Fsp3) is 0.917. The Kier molecular flexibility index (Phi) is 3.77. The van der Waals surface area contributed by atoms with Gasteiger partial charge in [0, 0.05) is 12.0 Å². The molecule has 88 valence electrons. The maximum absolute atomic E-state index is 12.0. The molecule has 0 saturated carbocycles. The molecule has 1 aliphatic rings. The van der Waals surface area contributed by atoms with Crippen LogP contribution in [0.2, 0.25) is 0 Å². The van der Waals surface area contributed by atoms with Gasteiger partial charge in [0.25, 0.3) is 0 Å². The van der Waals surface area contributed by atoms with E-state index in [0.29, 0.717) is 0 Å². The van der Waals surface area contributed by atoms with E-state index in [9.17, 15) is 4.79 Å². The predicted octanol–water partition coefficient (Wildman–Crippen LogP) is 1.54. The van der Waals surface area contributed by atoms with Crippen LogP contribution < -0.4 is 10.6 Å². The highest BCUT2D eigenvalue weighted by Crippen LogP contribution is 2.28. The van der Waals surface area contributed by atoms with E-state index in [0.717, 1.165) is 32.5 Å². The summed E-state index contributed by atoms with van der Waals surface area (Å²) >= 11 is 0. The first-order valence-electron chi connectivity index (χ1n) is 5.83. The van der Waals surface area contributed by atoms with Gasteiger partial charge in [-0.2, -0.15) is 0 Å². The Labute approximate surface area is 93.0 Å². The Morgan fingerprint density at radius 1 is 1.33 bits per heavy atom. The summed E-state index contributed by atoms with van der Waals surface area (Å²) in [7, 11) is 0. The van der Waals surface area contributed by atoms with Gasteiger partial charge in [-0.25, -0.2) is 0 Å². The summed E-state index contributed by atoms with van der Waals surface area (Å²) in [5, 5.41) is 6.35. The van der Waals surface area contributed by atoms with Crippen molar-refractivity contribution in [2.45, 2.75) is 40.5 Å². The summed E-state index contributed by atoms with van der Waals surface area (Å²) < 4.78 is 0. The summed E-state index contributed by atoms with van der Waals surface area (Å²) in [6.45, 7) is 11.2. The number of hydrogen-bond acceptors (Lipinski definition) is 2. The van der Waals surface area contributed by atoms with Crippen molar-refractivity contribution < 1.29 is 4.79 Å². The minimum absolute atomic E-state index is 0.156. The molecule has 0 aliphatic carbocycles. The Morgan fingerprint density at radius 3 is 2.33 bits per heavy atom. The molecular weight excluding hydrogens is 188 g/mol. The van der Waals surface area contributed by atoms with Crippen molar-refractivity contribution in [1.82, 2.24) is 10.6 Å². The van der Waals surface area contributed by atoms with Gasteiger partial charge in [0.2, 0.25) is 5.91 Å².